The van der Waals surface area contributed by atoms with Crippen molar-refractivity contribution in [3.05, 3.63) is 41.1 Å². The van der Waals surface area contributed by atoms with Crippen molar-refractivity contribution < 1.29 is 14.7 Å². The molecule has 1 amide bonds. The fourth-order valence-corrected chi connectivity index (χ4v) is 1.32. The second-order valence-corrected chi connectivity index (χ2v) is 3.78. The lowest BCUT2D eigenvalue weighted by Crippen LogP contribution is -2.30. The van der Waals surface area contributed by atoms with Gasteiger partial charge in [0.15, 0.2) is 0 Å². The lowest BCUT2D eigenvalue weighted by molar-refractivity contribution is -0.137. The third kappa shape index (κ3) is 4.69. The molecule has 0 fully saturated rings. The lowest BCUT2D eigenvalue weighted by atomic mass is 10.3. The first-order valence-electron chi connectivity index (χ1n) is 5.16. The molecule has 0 heterocycles. The largest absolute Gasteiger partial charge is 0.480 e. The van der Waals surface area contributed by atoms with Crippen LogP contribution in [0.4, 0.5) is 5.69 Å². The van der Waals surface area contributed by atoms with E-state index in [4.69, 9.17) is 22.0 Å². The molecule has 0 radical (unpaired) electrons. The zero-order valence-electron chi connectivity index (χ0n) is 9.68. The zero-order valence-corrected chi connectivity index (χ0v) is 10.4. The van der Waals surface area contributed by atoms with Gasteiger partial charge in [-0.1, -0.05) is 23.7 Å². The Morgan fingerprint density at radius 3 is 2.68 bits per heavy atom. The molecule has 0 atom stereocenters. The van der Waals surface area contributed by atoms with Crippen molar-refractivity contribution in [2.45, 2.75) is 0 Å². The topological polar surface area (TPSA) is 102 Å². The minimum atomic E-state index is -1.19. The van der Waals surface area contributed by atoms with E-state index in [2.05, 4.69) is 10.6 Å². The third-order valence-electron chi connectivity index (χ3n) is 2.01. The Morgan fingerprint density at radius 1 is 1.42 bits per heavy atom. The van der Waals surface area contributed by atoms with E-state index < -0.39 is 18.4 Å². The van der Waals surface area contributed by atoms with Crippen LogP contribution in [-0.2, 0) is 9.59 Å². The molecule has 0 bridgehead atoms. The first-order chi connectivity index (χ1) is 9.04. The molecule has 0 spiro atoms. The minimum Gasteiger partial charge on any atom is -0.480 e. The highest BCUT2D eigenvalue weighted by atomic mass is 35.5. The molecule has 1 aromatic carbocycles. The van der Waals surface area contributed by atoms with Gasteiger partial charge in [0.2, 0.25) is 0 Å². The highest BCUT2D eigenvalue weighted by molar-refractivity contribution is 6.33. The number of amides is 1. The number of rotatable bonds is 5. The van der Waals surface area contributed by atoms with Gasteiger partial charge in [-0.15, -0.1) is 0 Å². The highest BCUT2D eigenvalue weighted by Gasteiger charge is 2.10. The van der Waals surface area contributed by atoms with Crippen LogP contribution in [0.25, 0.3) is 0 Å². The fraction of sp³-hybridized carbons (Fsp3) is 0.0833. The van der Waals surface area contributed by atoms with Crippen LogP contribution in [0.1, 0.15) is 0 Å². The maximum atomic E-state index is 11.4. The van der Waals surface area contributed by atoms with E-state index in [1.807, 2.05) is 0 Å². The van der Waals surface area contributed by atoms with Gasteiger partial charge in [0.25, 0.3) is 5.91 Å². The smallest absolute Gasteiger partial charge is 0.322 e. The van der Waals surface area contributed by atoms with Crippen molar-refractivity contribution >= 4 is 29.2 Å². The van der Waals surface area contributed by atoms with E-state index in [1.54, 1.807) is 30.3 Å². The zero-order chi connectivity index (χ0) is 14.3. The van der Waals surface area contributed by atoms with E-state index in [-0.39, 0.29) is 5.57 Å². The van der Waals surface area contributed by atoms with Crippen LogP contribution in [0.2, 0.25) is 5.02 Å². The van der Waals surface area contributed by atoms with Crippen molar-refractivity contribution in [2.24, 2.45) is 0 Å². The summed E-state index contributed by atoms with van der Waals surface area (Å²) >= 11 is 5.88. The van der Waals surface area contributed by atoms with Crippen LogP contribution < -0.4 is 10.6 Å². The van der Waals surface area contributed by atoms with Crippen molar-refractivity contribution in [1.29, 1.82) is 5.26 Å². The SMILES string of the molecule is N#C/C(=C/Nc1ccccc1Cl)C(=O)NCC(=O)O. The Morgan fingerprint density at radius 2 is 2.11 bits per heavy atom. The normalized spacial score (nSPS) is 10.4. The maximum Gasteiger partial charge on any atom is 0.322 e. The predicted molar refractivity (Wildman–Crippen MR) is 69.4 cm³/mol. The Balaban J connectivity index is 2.73. The molecule has 98 valence electrons. The van der Waals surface area contributed by atoms with E-state index in [0.29, 0.717) is 10.7 Å². The summed E-state index contributed by atoms with van der Waals surface area (Å²) in [5.41, 5.74) is 0.282. The number of carbonyl (C=O) groups is 2. The van der Waals surface area contributed by atoms with Crippen molar-refractivity contribution in [1.82, 2.24) is 5.32 Å². The summed E-state index contributed by atoms with van der Waals surface area (Å²) in [5.74, 6) is -1.96. The number of nitriles is 1. The summed E-state index contributed by atoms with van der Waals surface area (Å²) in [7, 11) is 0. The van der Waals surface area contributed by atoms with E-state index >= 15 is 0 Å². The van der Waals surface area contributed by atoms with E-state index in [0.717, 1.165) is 0 Å². The molecule has 1 aromatic rings. The lowest BCUT2D eigenvalue weighted by Gasteiger charge is -2.04. The summed E-state index contributed by atoms with van der Waals surface area (Å²) in [6.07, 6.45) is 1.17. The molecule has 0 aromatic heterocycles. The van der Waals surface area contributed by atoms with Crippen LogP contribution in [0.3, 0.4) is 0 Å². The molecule has 0 saturated carbocycles. The average Bonchev–Trinajstić information content (AvgIpc) is 2.39. The van der Waals surface area contributed by atoms with Gasteiger partial charge in [0.1, 0.15) is 18.2 Å². The maximum absolute atomic E-state index is 11.4. The van der Waals surface area contributed by atoms with Gasteiger partial charge < -0.3 is 15.7 Å². The quantitative estimate of drug-likeness (QED) is 0.558. The first-order valence-corrected chi connectivity index (χ1v) is 5.53. The number of halogens is 1. The Bertz CT molecular complexity index is 564. The summed E-state index contributed by atoms with van der Waals surface area (Å²) in [6.45, 7) is -0.552. The summed E-state index contributed by atoms with van der Waals surface area (Å²) in [4.78, 5) is 21.7. The second-order valence-electron chi connectivity index (χ2n) is 3.37. The summed E-state index contributed by atoms with van der Waals surface area (Å²) < 4.78 is 0. The molecule has 0 unspecified atom stereocenters. The summed E-state index contributed by atoms with van der Waals surface area (Å²) in [5, 5.41) is 22.4. The van der Waals surface area contributed by atoms with E-state index in [1.165, 1.54) is 6.20 Å². The fourth-order valence-electron chi connectivity index (χ4n) is 1.13. The van der Waals surface area contributed by atoms with Gasteiger partial charge in [-0.3, -0.25) is 9.59 Å². The highest BCUT2D eigenvalue weighted by Crippen LogP contribution is 2.20. The number of carboxylic acid groups (broad SMARTS) is 1. The van der Waals surface area contributed by atoms with Crippen LogP contribution >= 0.6 is 11.6 Å². The third-order valence-corrected chi connectivity index (χ3v) is 2.34. The number of nitrogens with one attached hydrogen (secondary N) is 2. The van der Waals surface area contributed by atoms with Crippen LogP contribution in [0.15, 0.2) is 36.0 Å². The summed E-state index contributed by atoms with van der Waals surface area (Å²) in [6, 6.07) is 8.46. The van der Waals surface area contributed by atoms with Gasteiger partial charge in [-0.25, -0.2) is 0 Å². The Labute approximate surface area is 114 Å². The van der Waals surface area contributed by atoms with Gasteiger partial charge in [-0.2, -0.15) is 5.26 Å². The van der Waals surface area contributed by atoms with Crippen molar-refractivity contribution in [3.8, 4) is 6.07 Å². The number of hydrogen-bond acceptors (Lipinski definition) is 4. The van der Waals surface area contributed by atoms with Crippen molar-refractivity contribution in [2.75, 3.05) is 11.9 Å². The molecule has 6 nitrogen and oxygen atoms in total. The van der Waals surface area contributed by atoms with Gasteiger partial charge in [0.05, 0.1) is 10.7 Å². The number of para-hydroxylation sites is 1. The van der Waals surface area contributed by atoms with E-state index in [9.17, 15) is 9.59 Å². The van der Waals surface area contributed by atoms with Gasteiger partial charge in [-0.05, 0) is 12.1 Å². The second kappa shape index (κ2) is 7.03. The standard InChI is InChI=1S/C12H10ClN3O3/c13-9-3-1-2-4-10(9)15-6-8(5-14)12(19)16-7-11(17)18/h1-4,6,15H,7H2,(H,16,19)(H,17,18)/b8-6-. The predicted octanol–water partition coefficient (Wildman–Crippen LogP) is 1.36. The molecule has 0 aliphatic carbocycles. The molecule has 3 N–H and O–H groups in total. The number of benzene rings is 1. The number of aliphatic carboxylic acids is 1. The van der Waals surface area contributed by atoms with Crippen LogP contribution in [0, 0.1) is 11.3 Å². The van der Waals surface area contributed by atoms with Gasteiger partial charge in [0, 0.05) is 6.20 Å². The molecule has 0 saturated heterocycles. The van der Waals surface area contributed by atoms with Gasteiger partial charge >= 0.3 is 5.97 Å². The number of carbonyl (C=O) groups excluding carboxylic acids is 1. The monoisotopic (exact) mass is 279 g/mol. The number of nitrogens with zero attached hydrogens (tertiary/aromatic N) is 1. The molecule has 19 heavy (non-hydrogen) atoms. The number of anilines is 1. The Hall–Kier alpha value is -2.52. The molecular formula is C12H10ClN3O3. The average molecular weight is 280 g/mol. The molecule has 0 aliphatic heterocycles. The minimum absolute atomic E-state index is 0.249. The molecular weight excluding hydrogens is 270 g/mol. The number of carboxylic acids is 1. The first kappa shape index (κ1) is 14.5. The molecule has 0 aliphatic rings. The Kier molecular flexibility index (Phi) is 5.38. The molecule has 1 rings (SSSR count). The van der Waals surface area contributed by atoms with Crippen LogP contribution in [-0.4, -0.2) is 23.5 Å². The van der Waals surface area contributed by atoms with Crippen LogP contribution in [0.5, 0.6) is 0 Å². The number of hydrogen-bond donors (Lipinski definition) is 3. The van der Waals surface area contributed by atoms with Crippen molar-refractivity contribution in [3.63, 3.8) is 0 Å². The molecule has 7 heteroatoms.